The molecule has 112 valence electrons. The molecule has 2 aromatic rings. The summed E-state index contributed by atoms with van der Waals surface area (Å²) in [5.74, 6) is 1.74. The zero-order valence-electron chi connectivity index (χ0n) is 12.7. The van der Waals surface area contributed by atoms with Crippen LogP contribution in [0.15, 0.2) is 30.5 Å². The molecule has 21 heavy (non-hydrogen) atoms. The van der Waals surface area contributed by atoms with E-state index < -0.39 is 6.10 Å². The number of nitrogens with zero attached hydrogens (tertiary/aromatic N) is 1. The number of aliphatic hydroxyl groups excluding tert-OH is 1. The van der Waals surface area contributed by atoms with Crippen molar-refractivity contribution in [3.05, 3.63) is 52.3 Å². The first-order valence-corrected chi connectivity index (χ1v) is 7.38. The number of benzene rings is 1. The van der Waals surface area contributed by atoms with E-state index in [1.165, 1.54) is 0 Å². The summed E-state index contributed by atoms with van der Waals surface area (Å²) in [7, 11) is 0. The van der Waals surface area contributed by atoms with Crippen molar-refractivity contribution >= 4 is 11.6 Å². The van der Waals surface area contributed by atoms with Crippen LogP contribution in [0.2, 0.25) is 5.02 Å². The molecule has 3 nitrogen and oxygen atoms in total. The molecule has 0 aliphatic carbocycles. The van der Waals surface area contributed by atoms with Crippen molar-refractivity contribution in [3.63, 3.8) is 0 Å². The number of aromatic nitrogens is 1. The molecule has 2 rings (SSSR count). The van der Waals surface area contributed by atoms with Gasteiger partial charge in [0, 0.05) is 5.02 Å². The van der Waals surface area contributed by atoms with E-state index in [0.717, 1.165) is 21.9 Å². The quantitative estimate of drug-likeness (QED) is 0.863. The normalized spacial score (nSPS) is 12.5. The molecule has 0 aliphatic rings. The lowest BCUT2D eigenvalue weighted by Crippen LogP contribution is -1.97. The van der Waals surface area contributed by atoms with Crippen molar-refractivity contribution in [3.8, 4) is 11.5 Å². The maximum absolute atomic E-state index is 9.46. The Morgan fingerprint density at radius 2 is 1.90 bits per heavy atom. The van der Waals surface area contributed by atoms with Gasteiger partial charge < -0.3 is 9.84 Å². The molecular formula is C17H20ClNO2. The second-order valence-electron chi connectivity index (χ2n) is 5.49. The highest BCUT2D eigenvalue weighted by molar-refractivity contribution is 6.31. The number of hydrogen-bond acceptors (Lipinski definition) is 3. The molecule has 1 unspecified atom stereocenters. The van der Waals surface area contributed by atoms with Gasteiger partial charge in [-0.3, -0.25) is 4.98 Å². The Hall–Kier alpha value is -1.58. The molecule has 1 N–H and O–H groups in total. The third kappa shape index (κ3) is 3.74. The summed E-state index contributed by atoms with van der Waals surface area (Å²) in [6.45, 7) is 7.84. The lowest BCUT2D eigenvalue weighted by molar-refractivity contribution is 0.194. The van der Waals surface area contributed by atoms with E-state index in [1.54, 1.807) is 25.3 Å². The van der Waals surface area contributed by atoms with E-state index in [2.05, 4.69) is 18.8 Å². The van der Waals surface area contributed by atoms with Gasteiger partial charge in [0.25, 0.3) is 0 Å². The number of halogens is 1. The first-order chi connectivity index (χ1) is 9.88. The van der Waals surface area contributed by atoms with Crippen LogP contribution in [0.1, 0.15) is 49.6 Å². The fourth-order valence-electron chi connectivity index (χ4n) is 2.05. The molecule has 1 aromatic carbocycles. The molecule has 0 amide bonds. The van der Waals surface area contributed by atoms with E-state index in [1.807, 2.05) is 19.1 Å². The molecule has 0 saturated heterocycles. The van der Waals surface area contributed by atoms with Crippen LogP contribution in [-0.4, -0.2) is 10.1 Å². The van der Waals surface area contributed by atoms with Crippen LogP contribution in [0.5, 0.6) is 11.5 Å². The summed E-state index contributed by atoms with van der Waals surface area (Å²) in [6, 6.07) is 7.46. The molecule has 0 spiro atoms. The smallest absolute Gasteiger partial charge is 0.145 e. The number of rotatable bonds is 4. The molecule has 1 atom stereocenters. The number of ether oxygens (including phenoxy) is 1. The van der Waals surface area contributed by atoms with Gasteiger partial charge in [0.2, 0.25) is 0 Å². The zero-order chi connectivity index (χ0) is 15.6. The van der Waals surface area contributed by atoms with Gasteiger partial charge in [0.1, 0.15) is 11.5 Å². The van der Waals surface area contributed by atoms with Gasteiger partial charge in [-0.2, -0.15) is 0 Å². The second-order valence-corrected chi connectivity index (χ2v) is 5.90. The van der Waals surface area contributed by atoms with Crippen LogP contribution in [-0.2, 0) is 0 Å². The van der Waals surface area contributed by atoms with E-state index in [9.17, 15) is 5.11 Å². The molecule has 4 heteroatoms. The van der Waals surface area contributed by atoms with E-state index in [4.69, 9.17) is 16.3 Å². The Labute approximate surface area is 130 Å². The average molecular weight is 306 g/mol. The van der Waals surface area contributed by atoms with Crippen LogP contribution in [0.3, 0.4) is 0 Å². The van der Waals surface area contributed by atoms with Crippen molar-refractivity contribution in [2.24, 2.45) is 0 Å². The summed E-state index contributed by atoms with van der Waals surface area (Å²) in [5, 5.41) is 10.2. The summed E-state index contributed by atoms with van der Waals surface area (Å²) < 4.78 is 5.89. The molecule has 1 aromatic heterocycles. The summed E-state index contributed by atoms with van der Waals surface area (Å²) in [4.78, 5) is 4.18. The van der Waals surface area contributed by atoms with Crippen LogP contribution in [0, 0.1) is 6.92 Å². The first-order valence-electron chi connectivity index (χ1n) is 7.00. The Balaban J connectivity index is 2.28. The number of aliphatic hydroxyl groups is 1. The van der Waals surface area contributed by atoms with E-state index >= 15 is 0 Å². The molecule has 0 saturated carbocycles. The van der Waals surface area contributed by atoms with Gasteiger partial charge in [0.15, 0.2) is 0 Å². The highest BCUT2D eigenvalue weighted by Gasteiger charge is 2.11. The number of hydrogen-bond donors (Lipinski definition) is 1. The van der Waals surface area contributed by atoms with Crippen LogP contribution in [0.4, 0.5) is 0 Å². The maximum atomic E-state index is 9.46. The van der Waals surface area contributed by atoms with Gasteiger partial charge >= 0.3 is 0 Å². The van der Waals surface area contributed by atoms with Crippen molar-refractivity contribution in [2.75, 3.05) is 0 Å². The molecule has 0 radical (unpaired) electrons. The predicted molar refractivity (Wildman–Crippen MR) is 85.2 cm³/mol. The molecule has 0 aliphatic heterocycles. The fraction of sp³-hybridized carbons (Fsp3) is 0.353. The van der Waals surface area contributed by atoms with Gasteiger partial charge in [0.05, 0.1) is 18.0 Å². The van der Waals surface area contributed by atoms with Crippen LogP contribution in [0.25, 0.3) is 0 Å². The monoisotopic (exact) mass is 305 g/mol. The van der Waals surface area contributed by atoms with E-state index in [0.29, 0.717) is 17.4 Å². The van der Waals surface area contributed by atoms with Crippen molar-refractivity contribution in [2.45, 2.75) is 39.7 Å². The Morgan fingerprint density at radius 1 is 1.19 bits per heavy atom. The van der Waals surface area contributed by atoms with Gasteiger partial charge in [-0.1, -0.05) is 25.4 Å². The highest BCUT2D eigenvalue weighted by atomic mass is 35.5. The predicted octanol–water partition coefficient (Wildman–Crippen LogP) is 5.01. The minimum atomic E-state index is -0.580. The Morgan fingerprint density at radius 3 is 2.43 bits per heavy atom. The molecule has 0 fully saturated rings. The van der Waals surface area contributed by atoms with Crippen molar-refractivity contribution in [1.82, 2.24) is 4.98 Å². The fourth-order valence-corrected chi connectivity index (χ4v) is 2.48. The summed E-state index contributed by atoms with van der Waals surface area (Å²) >= 11 is 6.26. The Kier molecular flexibility index (Phi) is 4.86. The zero-order valence-corrected chi connectivity index (χ0v) is 13.5. The lowest BCUT2D eigenvalue weighted by Gasteiger charge is -2.14. The molecule has 1 heterocycles. The van der Waals surface area contributed by atoms with E-state index in [-0.39, 0.29) is 0 Å². The Bertz CT molecular complexity index is 621. The number of pyridine rings is 1. The van der Waals surface area contributed by atoms with Crippen molar-refractivity contribution in [1.29, 1.82) is 0 Å². The maximum Gasteiger partial charge on any atom is 0.145 e. The average Bonchev–Trinajstić information content (AvgIpc) is 2.42. The second kappa shape index (κ2) is 6.46. The topological polar surface area (TPSA) is 42.4 Å². The highest BCUT2D eigenvalue weighted by Crippen LogP contribution is 2.33. The minimum absolute atomic E-state index is 0.330. The lowest BCUT2D eigenvalue weighted by atomic mass is 10.0. The number of aryl methyl sites for hydroxylation is 1. The minimum Gasteiger partial charge on any atom is -0.455 e. The van der Waals surface area contributed by atoms with Gasteiger partial charge in [-0.05, 0) is 55.2 Å². The van der Waals surface area contributed by atoms with Crippen LogP contribution < -0.4 is 4.74 Å². The summed E-state index contributed by atoms with van der Waals surface area (Å²) in [6.07, 6.45) is 1.04. The first kappa shape index (κ1) is 15.8. The largest absolute Gasteiger partial charge is 0.455 e. The standard InChI is InChI=1S/C17H20ClNO2/c1-10(2)14-8-17(11(3)7-15(14)18)21-13-5-6-16(12(4)20)19-9-13/h5-10,12,20H,1-4H3. The third-order valence-electron chi connectivity index (χ3n) is 3.33. The van der Waals surface area contributed by atoms with Gasteiger partial charge in [-0.25, -0.2) is 0 Å². The molecular weight excluding hydrogens is 286 g/mol. The van der Waals surface area contributed by atoms with Crippen molar-refractivity contribution < 1.29 is 9.84 Å². The van der Waals surface area contributed by atoms with Crippen LogP contribution >= 0.6 is 11.6 Å². The van der Waals surface area contributed by atoms with Gasteiger partial charge in [-0.15, -0.1) is 0 Å². The summed E-state index contributed by atoms with van der Waals surface area (Å²) in [5.41, 5.74) is 2.66. The molecule has 0 bridgehead atoms. The SMILES string of the molecule is Cc1cc(Cl)c(C(C)C)cc1Oc1ccc(C(C)O)nc1. The third-order valence-corrected chi connectivity index (χ3v) is 3.66.